The SMILES string of the molecule is CC1CCCCN1C(C)C(=O)Nc1ccccc1N. The predicted molar refractivity (Wildman–Crippen MR) is 79.0 cm³/mol. The average molecular weight is 261 g/mol. The lowest BCUT2D eigenvalue weighted by molar-refractivity contribution is -0.122. The number of piperidine rings is 1. The van der Waals surface area contributed by atoms with Crippen LogP contribution >= 0.6 is 0 Å². The molecule has 2 unspecified atom stereocenters. The summed E-state index contributed by atoms with van der Waals surface area (Å²) < 4.78 is 0. The summed E-state index contributed by atoms with van der Waals surface area (Å²) in [5.74, 6) is 0.0200. The van der Waals surface area contributed by atoms with Crippen LogP contribution in [0.4, 0.5) is 11.4 Å². The molecule has 0 radical (unpaired) electrons. The second-order valence-corrected chi connectivity index (χ2v) is 5.34. The van der Waals surface area contributed by atoms with E-state index in [-0.39, 0.29) is 11.9 Å². The minimum Gasteiger partial charge on any atom is -0.397 e. The van der Waals surface area contributed by atoms with Crippen LogP contribution in [0.15, 0.2) is 24.3 Å². The molecule has 1 aliphatic heterocycles. The molecule has 1 aromatic rings. The van der Waals surface area contributed by atoms with E-state index >= 15 is 0 Å². The van der Waals surface area contributed by atoms with Crippen LogP contribution in [0.1, 0.15) is 33.1 Å². The van der Waals surface area contributed by atoms with Crippen molar-refractivity contribution >= 4 is 17.3 Å². The van der Waals surface area contributed by atoms with Crippen LogP contribution < -0.4 is 11.1 Å². The average Bonchev–Trinajstić information content (AvgIpc) is 2.41. The summed E-state index contributed by atoms with van der Waals surface area (Å²) in [6.45, 7) is 5.16. The zero-order valence-corrected chi connectivity index (χ0v) is 11.7. The number of para-hydroxylation sites is 2. The van der Waals surface area contributed by atoms with Gasteiger partial charge in [0.2, 0.25) is 5.91 Å². The van der Waals surface area contributed by atoms with Crippen LogP contribution in [0.2, 0.25) is 0 Å². The number of nitrogens with zero attached hydrogens (tertiary/aromatic N) is 1. The molecule has 1 heterocycles. The number of rotatable bonds is 3. The number of carbonyl (C=O) groups excluding carboxylic acids is 1. The molecule has 0 aliphatic carbocycles. The number of carbonyl (C=O) groups is 1. The first-order chi connectivity index (χ1) is 9.09. The van der Waals surface area contributed by atoms with Gasteiger partial charge in [0.05, 0.1) is 17.4 Å². The molecule has 2 atom stereocenters. The minimum absolute atomic E-state index is 0.0200. The predicted octanol–water partition coefficient (Wildman–Crippen LogP) is 2.47. The number of hydrogen-bond acceptors (Lipinski definition) is 3. The Kier molecular flexibility index (Phi) is 4.43. The van der Waals surface area contributed by atoms with Gasteiger partial charge in [-0.05, 0) is 45.4 Å². The van der Waals surface area contributed by atoms with Crippen LogP contribution in [0.5, 0.6) is 0 Å². The highest BCUT2D eigenvalue weighted by Gasteiger charge is 2.27. The number of anilines is 2. The molecular formula is C15H23N3O. The number of amides is 1. The quantitative estimate of drug-likeness (QED) is 0.822. The van der Waals surface area contributed by atoms with Crippen molar-refractivity contribution < 1.29 is 4.79 Å². The first-order valence-electron chi connectivity index (χ1n) is 7.00. The number of nitrogens with two attached hydrogens (primary N) is 1. The summed E-state index contributed by atoms with van der Waals surface area (Å²) in [6, 6.07) is 7.72. The van der Waals surface area contributed by atoms with E-state index in [0.717, 1.165) is 6.54 Å². The van der Waals surface area contributed by atoms with E-state index in [1.807, 2.05) is 25.1 Å². The van der Waals surface area contributed by atoms with E-state index in [4.69, 9.17) is 5.73 Å². The molecule has 1 saturated heterocycles. The molecule has 4 nitrogen and oxygen atoms in total. The molecule has 1 aromatic carbocycles. The fourth-order valence-corrected chi connectivity index (χ4v) is 2.69. The van der Waals surface area contributed by atoms with Crippen molar-refractivity contribution in [1.82, 2.24) is 4.90 Å². The van der Waals surface area contributed by atoms with Crippen LogP contribution in [-0.2, 0) is 4.79 Å². The monoisotopic (exact) mass is 261 g/mol. The standard InChI is InChI=1S/C15H23N3O/c1-11-7-5-6-10-18(11)12(2)15(19)17-14-9-4-3-8-13(14)16/h3-4,8-9,11-12H,5-7,10,16H2,1-2H3,(H,17,19). The van der Waals surface area contributed by atoms with E-state index in [1.54, 1.807) is 6.07 Å². The molecule has 2 rings (SSSR count). The first-order valence-corrected chi connectivity index (χ1v) is 7.00. The molecule has 0 saturated carbocycles. The Labute approximate surface area is 115 Å². The van der Waals surface area contributed by atoms with Gasteiger partial charge < -0.3 is 11.1 Å². The van der Waals surface area contributed by atoms with Crippen molar-refractivity contribution in [2.75, 3.05) is 17.6 Å². The fraction of sp³-hybridized carbons (Fsp3) is 0.533. The third-order valence-electron chi connectivity index (χ3n) is 3.95. The molecule has 1 fully saturated rings. The van der Waals surface area contributed by atoms with E-state index in [2.05, 4.69) is 17.1 Å². The molecule has 0 spiro atoms. The van der Waals surface area contributed by atoms with Gasteiger partial charge in [-0.3, -0.25) is 9.69 Å². The third-order valence-corrected chi connectivity index (χ3v) is 3.95. The minimum atomic E-state index is -0.116. The summed E-state index contributed by atoms with van der Waals surface area (Å²) in [5.41, 5.74) is 7.15. The van der Waals surface area contributed by atoms with Crippen LogP contribution in [0, 0.1) is 0 Å². The topological polar surface area (TPSA) is 58.4 Å². The number of likely N-dealkylation sites (tertiary alicyclic amines) is 1. The van der Waals surface area contributed by atoms with E-state index in [9.17, 15) is 4.79 Å². The molecular weight excluding hydrogens is 238 g/mol. The molecule has 1 aliphatic rings. The maximum atomic E-state index is 12.3. The maximum Gasteiger partial charge on any atom is 0.241 e. The highest BCUT2D eigenvalue weighted by atomic mass is 16.2. The number of nitrogens with one attached hydrogen (secondary N) is 1. The largest absolute Gasteiger partial charge is 0.397 e. The molecule has 104 valence electrons. The van der Waals surface area contributed by atoms with Gasteiger partial charge >= 0.3 is 0 Å². The molecule has 3 N–H and O–H groups in total. The van der Waals surface area contributed by atoms with Crippen molar-refractivity contribution in [1.29, 1.82) is 0 Å². The first kappa shape index (κ1) is 13.9. The van der Waals surface area contributed by atoms with E-state index < -0.39 is 0 Å². The van der Waals surface area contributed by atoms with Gasteiger partial charge in [0.15, 0.2) is 0 Å². The zero-order chi connectivity index (χ0) is 13.8. The Hall–Kier alpha value is -1.55. The Morgan fingerprint density at radius 1 is 1.42 bits per heavy atom. The van der Waals surface area contributed by atoms with Gasteiger partial charge in [0, 0.05) is 6.04 Å². The lowest BCUT2D eigenvalue weighted by atomic mass is 10.0. The summed E-state index contributed by atoms with van der Waals surface area (Å²) in [7, 11) is 0. The molecule has 1 amide bonds. The van der Waals surface area contributed by atoms with Crippen molar-refractivity contribution in [3.05, 3.63) is 24.3 Å². The summed E-state index contributed by atoms with van der Waals surface area (Å²) in [5, 5.41) is 2.92. The highest BCUT2D eigenvalue weighted by molar-refractivity contribution is 5.97. The van der Waals surface area contributed by atoms with Crippen LogP contribution in [0.25, 0.3) is 0 Å². The van der Waals surface area contributed by atoms with E-state index in [1.165, 1.54) is 19.3 Å². The van der Waals surface area contributed by atoms with Crippen LogP contribution in [0.3, 0.4) is 0 Å². The van der Waals surface area contributed by atoms with Gasteiger partial charge in [-0.25, -0.2) is 0 Å². The number of hydrogen-bond donors (Lipinski definition) is 2. The molecule has 4 heteroatoms. The Morgan fingerprint density at radius 2 is 2.16 bits per heavy atom. The zero-order valence-electron chi connectivity index (χ0n) is 11.7. The van der Waals surface area contributed by atoms with Gasteiger partial charge in [-0.2, -0.15) is 0 Å². The summed E-state index contributed by atoms with van der Waals surface area (Å²) in [4.78, 5) is 14.6. The lowest BCUT2D eigenvalue weighted by Crippen LogP contribution is -2.48. The fourth-order valence-electron chi connectivity index (χ4n) is 2.69. The lowest BCUT2D eigenvalue weighted by Gasteiger charge is -2.37. The molecule has 0 aromatic heterocycles. The molecule has 19 heavy (non-hydrogen) atoms. The Balaban J connectivity index is 2.01. The maximum absolute atomic E-state index is 12.3. The number of benzene rings is 1. The van der Waals surface area contributed by atoms with Gasteiger partial charge in [0.1, 0.15) is 0 Å². The van der Waals surface area contributed by atoms with Crippen molar-refractivity contribution in [2.45, 2.75) is 45.2 Å². The van der Waals surface area contributed by atoms with Gasteiger partial charge in [0.25, 0.3) is 0 Å². The highest BCUT2D eigenvalue weighted by Crippen LogP contribution is 2.21. The summed E-state index contributed by atoms with van der Waals surface area (Å²) in [6.07, 6.45) is 3.61. The summed E-state index contributed by atoms with van der Waals surface area (Å²) >= 11 is 0. The Morgan fingerprint density at radius 3 is 2.84 bits per heavy atom. The normalized spacial score (nSPS) is 21.9. The van der Waals surface area contributed by atoms with Gasteiger partial charge in [-0.1, -0.05) is 18.6 Å². The second-order valence-electron chi connectivity index (χ2n) is 5.34. The second kappa shape index (κ2) is 6.06. The van der Waals surface area contributed by atoms with Crippen molar-refractivity contribution in [2.24, 2.45) is 0 Å². The van der Waals surface area contributed by atoms with Crippen molar-refractivity contribution in [3.63, 3.8) is 0 Å². The number of nitrogen functional groups attached to an aromatic ring is 1. The molecule has 0 bridgehead atoms. The van der Waals surface area contributed by atoms with Crippen molar-refractivity contribution in [3.8, 4) is 0 Å². The van der Waals surface area contributed by atoms with Crippen LogP contribution in [-0.4, -0.2) is 29.4 Å². The van der Waals surface area contributed by atoms with Gasteiger partial charge in [-0.15, -0.1) is 0 Å². The third kappa shape index (κ3) is 3.26. The Bertz CT molecular complexity index is 447. The van der Waals surface area contributed by atoms with E-state index in [0.29, 0.717) is 17.4 Å². The smallest absolute Gasteiger partial charge is 0.241 e.